The average molecular weight is 320 g/mol. The Bertz CT molecular complexity index is 867. The minimum absolute atomic E-state index is 0.140. The molecule has 24 heavy (non-hydrogen) atoms. The summed E-state index contributed by atoms with van der Waals surface area (Å²) in [6.07, 6.45) is 2.13. The number of benzene rings is 2. The first kappa shape index (κ1) is 14.8. The van der Waals surface area contributed by atoms with Gasteiger partial charge >= 0.3 is 6.03 Å². The zero-order valence-corrected chi connectivity index (χ0v) is 13.6. The number of rotatable bonds is 4. The zero-order valence-electron chi connectivity index (χ0n) is 13.6. The van der Waals surface area contributed by atoms with Crippen LogP contribution in [0.15, 0.2) is 54.6 Å². The lowest BCUT2D eigenvalue weighted by molar-refractivity contribution is 0.237. The maximum Gasteiger partial charge on any atom is 0.315 e. The van der Waals surface area contributed by atoms with E-state index >= 15 is 0 Å². The number of fused-ring (bicyclic) bond motifs is 1. The Morgan fingerprint density at radius 1 is 1.12 bits per heavy atom. The number of hydrogen-bond acceptors (Lipinski definition) is 2. The molecule has 0 bridgehead atoms. The third kappa shape index (κ3) is 2.85. The molecule has 5 nitrogen and oxygen atoms in total. The van der Waals surface area contributed by atoms with Gasteiger partial charge in [-0.05, 0) is 30.5 Å². The Hall–Kier alpha value is -2.82. The van der Waals surface area contributed by atoms with Gasteiger partial charge in [0.2, 0.25) is 0 Å². The van der Waals surface area contributed by atoms with E-state index < -0.39 is 0 Å². The van der Waals surface area contributed by atoms with E-state index in [-0.39, 0.29) is 12.1 Å². The first-order valence-electron chi connectivity index (χ1n) is 8.25. The third-order valence-electron chi connectivity index (χ3n) is 4.40. The maximum absolute atomic E-state index is 12.3. The number of carbonyl (C=O) groups is 1. The fraction of sp³-hybridized carbons (Fsp3) is 0.263. The van der Waals surface area contributed by atoms with Crippen molar-refractivity contribution in [1.82, 2.24) is 20.2 Å². The Morgan fingerprint density at radius 2 is 1.83 bits per heavy atom. The lowest BCUT2D eigenvalue weighted by atomic mass is 10.1. The van der Waals surface area contributed by atoms with Crippen molar-refractivity contribution in [1.29, 1.82) is 0 Å². The van der Waals surface area contributed by atoms with Gasteiger partial charge in [0, 0.05) is 13.1 Å². The summed E-state index contributed by atoms with van der Waals surface area (Å²) in [5, 5.41) is 6.08. The van der Waals surface area contributed by atoms with Crippen molar-refractivity contribution in [3.8, 4) is 0 Å². The van der Waals surface area contributed by atoms with Crippen LogP contribution in [0.1, 0.15) is 30.3 Å². The highest BCUT2D eigenvalue weighted by atomic mass is 16.2. The number of imidazole rings is 1. The predicted octanol–water partition coefficient (Wildman–Crippen LogP) is 3.12. The monoisotopic (exact) mass is 320 g/mol. The summed E-state index contributed by atoms with van der Waals surface area (Å²) in [6, 6.07) is 17.9. The van der Waals surface area contributed by atoms with Crippen molar-refractivity contribution in [3.05, 3.63) is 66.0 Å². The first-order valence-corrected chi connectivity index (χ1v) is 8.25. The van der Waals surface area contributed by atoms with Gasteiger partial charge in [0.05, 0.1) is 11.0 Å². The van der Waals surface area contributed by atoms with Gasteiger partial charge in [-0.25, -0.2) is 9.78 Å². The van der Waals surface area contributed by atoms with E-state index in [1.807, 2.05) is 66.2 Å². The van der Waals surface area contributed by atoms with E-state index in [4.69, 9.17) is 4.98 Å². The van der Waals surface area contributed by atoms with Crippen LogP contribution in [0.2, 0.25) is 0 Å². The summed E-state index contributed by atoms with van der Waals surface area (Å²) in [6.45, 7) is 0. The lowest BCUT2D eigenvalue weighted by Crippen LogP contribution is -2.40. The number of nitrogens with one attached hydrogen (secondary N) is 2. The van der Waals surface area contributed by atoms with E-state index in [1.165, 1.54) is 0 Å². The smallest absolute Gasteiger partial charge is 0.315 e. The SMILES string of the molecule is Cn1c([C@H](NC(=O)NC2CC2)c2ccccc2)nc2ccccc21. The zero-order chi connectivity index (χ0) is 16.5. The van der Waals surface area contributed by atoms with E-state index in [9.17, 15) is 4.79 Å². The number of aromatic nitrogens is 2. The van der Waals surface area contributed by atoms with Gasteiger partial charge in [0.15, 0.2) is 0 Å². The number of para-hydroxylation sites is 2. The Labute approximate surface area is 140 Å². The number of urea groups is 1. The fourth-order valence-corrected chi connectivity index (χ4v) is 2.95. The summed E-state index contributed by atoms with van der Waals surface area (Å²) in [5.41, 5.74) is 3.00. The molecule has 2 N–H and O–H groups in total. The number of aryl methyl sites for hydroxylation is 1. The van der Waals surface area contributed by atoms with Gasteiger partial charge < -0.3 is 15.2 Å². The normalized spacial score (nSPS) is 15.2. The standard InChI is InChI=1S/C19H20N4O/c1-23-16-10-6-5-9-15(16)21-18(23)17(13-7-3-2-4-8-13)22-19(24)20-14-11-12-14/h2-10,14,17H,11-12H2,1H3,(H2,20,22,24)/t17-/m1/s1. The summed E-state index contributed by atoms with van der Waals surface area (Å²) >= 11 is 0. The second kappa shape index (κ2) is 6.00. The molecule has 1 heterocycles. The first-order chi connectivity index (χ1) is 11.7. The highest BCUT2D eigenvalue weighted by molar-refractivity contribution is 5.78. The van der Waals surface area contributed by atoms with Crippen LogP contribution in [-0.2, 0) is 7.05 Å². The molecule has 0 radical (unpaired) electrons. The summed E-state index contributed by atoms with van der Waals surface area (Å²) < 4.78 is 2.05. The molecule has 1 aromatic heterocycles. The molecule has 3 aromatic rings. The predicted molar refractivity (Wildman–Crippen MR) is 93.7 cm³/mol. The minimum atomic E-state index is -0.289. The van der Waals surface area contributed by atoms with Crippen LogP contribution in [0.4, 0.5) is 4.79 Å². The number of carbonyl (C=O) groups excluding carboxylic acids is 1. The highest BCUT2D eigenvalue weighted by Gasteiger charge is 2.27. The second-order valence-corrected chi connectivity index (χ2v) is 6.25. The molecule has 0 unspecified atom stereocenters. The van der Waals surface area contributed by atoms with Crippen LogP contribution < -0.4 is 10.6 Å². The molecule has 0 saturated heterocycles. The molecular weight excluding hydrogens is 300 g/mol. The fourth-order valence-electron chi connectivity index (χ4n) is 2.95. The van der Waals surface area contributed by atoms with Crippen molar-refractivity contribution in [3.63, 3.8) is 0 Å². The highest BCUT2D eigenvalue weighted by Crippen LogP contribution is 2.25. The van der Waals surface area contributed by atoms with E-state index in [1.54, 1.807) is 0 Å². The van der Waals surface area contributed by atoms with Gasteiger partial charge in [-0.15, -0.1) is 0 Å². The van der Waals surface area contributed by atoms with Gasteiger partial charge in [-0.1, -0.05) is 42.5 Å². The van der Waals surface area contributed by atoms with Crippen LogP contribution in [-0.4, -0.2) is 21.6 Å². The van der Waals surface area contributed by atoms with Gasteiger partial charge in [0.1, 0.15) is 11.9 Å². The molecule has 4 rings (SSSR count). The Balaban J connectivity index is 1.73. The van der Waals surface area contributed by atoms with Crippen LogP contribution in [0.3, 0.4) is 0 Å². The van der Waals surface area contributed by atoms with E-state index in [0.717, 1.165) is 35.3 Å². The molecule has 2 amide bonds. The van der Waals surface area contributed by atoms with E-state index in [0.29, 0.717) is 6.04 Å². The molecule has 5 heteroatoms. The molecule has 1 saturated carbocycles. The molecule has 2 aromatic carbocycles. The van der Waals surface area contributed by atoms with Gasteiger partial charge in [-0.2, -0.15) is 0 Å². The van der Waals surface area contributed by atoms with Crippen molar-refractivity contribution in [2.75, 3.05) is 0 Å². The van der Waals surface area contributed by atoms with Crippen molar-refractivity contribution in [2.24, 2.45) is 7.05 Å². The Morgan fingerprint density at radius 3 is 2.54 bits per heavy atom. The largest absolute Gasteiger partial charge is 0.335 e. The quantitative estimate of drug-likeness (QED) is 0.776. The van der Waals surface area contributed by atoms with Gasteiger partial charge in [0.25, 0.3) is 0 Å². The van der Waals surface area contributed by atoms with Crippen LogP contribution in [0.25, 0.3) is 11.0 Å². The molecule has 0 aliphatic heterocycles. The summed E-state index contributed by atoms with van der Waals surface area (Å²) in [4.78, 5) is 17.1. The van der Waals surface area contributed by atoms with Crippen LogP contribution in [0.5, 0.6) is 0 Å². The summed E-state index contributed by atoms with van der Waals surface area (Å²) in [5.74, 6) is 0.827. The summed E-state index contributed by atoms with van der Waals surface area (Å²) in [7, 11) is 1.99. The topological polar surface area (TPSA) is 59.0 Å². The molecular formula is C19H20N4O. The molecule has 1 aliphatic rings. The second-order valence-electron chi connectivity index (χ2n) is 6.25. The average Bonchev–Trinajstić information content (AvgIpc) is 3.36. The molecule has 1 aliphatic carbocycles. The van der Waals surface area contributed by atoms with Crippen molar-refractivity contribution < 1.29 is 4.79 Å². The number of hydrogen-bond donors (Lipinski definition) is 2. The molecule has 0 spiro atoms. The molecule has 122 valence electrons. The maximum atomic E-state index is 12.3. The molecule has 1 fully saturated rings. The van der Waals surface area contributed by atoms with Crippen LogP contribution >= 0.6 is 0 Å². The van der Waals surface area contributed by atoms with Gasteiger partial charge in [-0.3, -0.25) is 0 Å². The van der Waals surface area contributed by atoms with Crippen molar-refractivity contribution >= 4 is 17.1 Å². The third-order valence-corrected chi connectivity index (χ3v) is 4.40. The molecule has 1 atom stereocenters. The van der Waals surface area contributed by atoms with Crippen LogP contribution in [0, 0.1) is 0 Å². The minimum Gasteiger partial charge on any atom is -0.335 e. The Kier molecular flexibility index (Phi) is 3.69. The van der Waals surface area contributed by atoms with E-state index in [2.05, 4.69) is 10.6 Å². The number of nitrogens with zero attached hydrogens (tertiary/aromatic N) is 2. The number of amides is 2. The van der Waals surface area contributed by atoms with Crippen molar-refractivity contribution in [2.45, 2.75) is 24.9 Å². The lowest BCUT2D eigenvalue weighted by Gasteiger charge is -2.19.